The lowest BCUT2D eigenvalue weighted by Crippen LogP contribution is -2.36. The monoisotopic (exact) mass is 439 g/mol. The van der Waals surface area contributed by atoms with Crippen molar-refractivity contribution in [1.29, 1.82) is 0 Å². The van der Waals surface area contributed by atoms with Gasteiger partial charge in [0.2, 0.25) is 0 Å². The van der Waals surface area contributed by atoms with Crippen LogP contribution in [-0.4, -0.2) is 27.9 Å². The molecule has 1 aliphatic heterocycles. The van der Waals surface area contributed by atoms with E-state index < -0.39 is 0 Å². The molecule has 0 saturated heterocycles. The number of halogens is 1. The zero-order valence-electron chi connectivity index (χ0n) is 17.8. The summed E-state index contributed by atoms with van der Waals surface area (Å²) in [7, 11) is 1.60. The quantitative estimate of drug-likeness (QED) is 0.592. The molecule has 0 aliphatic carbocycles. The van der Waals surface area contributed by atoms with Crippen molar-refractivity contribution in [1.82, 2.24) is 14.8 Å². The van der Waals surface area contributed by atoms with Crippen LogP contribution in [0.5, 0.6) is 5.75 Å². The molecule has 8 heteroatoms. The first-order valence-electron chi connectivity index (χ1n) is 10.5. The van der Waals surface area contributed by atoms with E-state index in [-0.39, 0.29) is 6.03 Å². The Balaban J connectivity index is 1.67. The molecule has 1 aliphatic rings. The minimum absolute atomic E-state index is 0.274. The van der Waals surface area contributed by atoms with Gasteiger partial charge in [-0.05, 0) is 49.6 Å². The molecule has 162 valence electrons. The van der Waals surface area contributed by atoms with E-state index in [1.165, 1.54) is 6.42 Å². The first-order chi connectivity index (χ1) is 15.1. The van der Waals surface area contributed by atoms with E-state index in [1.807, 2.05) is 43.3 Å². The van der Waals surface area contributed by atoms with Gasteiger partial charge < -0.3 is 14.6 Å². The number of amides is 2. The lowest BCUT2D eigenvalue weighted by Gasteiger charge is -2.25. The van der Waals surface area contributed by atoms with Crippen molar-refractivity contribution in [2.45, 2.75) is 45.7 Å². The number of anilines is 2. The molecule has 0 spiro atoms. The molecular weight excluding hydrogens is 414 g/mol. The summed E-state index contributed by atoms with van der Waals surface area (Å²) in [5.41, 5.74) is 2.22. The van der Waals surface area contributed by atoms with Crippen molar-refractivity contribution in [2.24, 2.45) is 0 Å². The molecule has 0 saturated carbocycles. The summed E-state index contributed by atoms with van der Waals surface area (Å²) >= 11 is 6.37. The number of nitrogens with one attached hydrogen (secondary N) is 1. The molecule has 31 heavy (non-hydrogen) atoms. The highest BCUT2D eigenvalue weighted by Gasteiger charge is 2.24. The van der Waals surface area contributed by atoms with Gasteiger partial charge in [-0.25, -0.2) is 4.79 Å². The molecule has 0 radical (unpaired) electrons. The van der Waals surface area contributed by atoms with Crippen LogP contribution in [0, 0.1) is 6.92 Å². The van der Waals surface area contributed by atoms with Crippen molar-refractivity contribution in [3.63, 3.8) is 0 Å². The predicted molar refractivity (Wildman–Crippen MR) is 122 cm³/mol. The molecule has 4 rings (SSSR count). The van der Waals surface area contributed by atoms with Crippen molar-refractivity contribution in [3.8, 4) is 5.75 Å². The number of rotatable bonds is 5. The van der Waals surface area contributed by atoms with Crippen LogP contribution in [-0.2, 0) is 19.5 Å². The summed E-state index contributed by atoms with van der Waals surface area (Å²) < 4.78 is 7.42. The number of hydrogen-bond acceptors (Lipinski definition) is 4. The van der Waals surface area contributed by atoms with Crippen LogP contribution < -0.4 is 15.0 Å². The second-order valence-corrected chi connectivity index (χ2v) is 8.03. The van der Waals surface area contributed by atoms with Crippen LogP contribution in [0.4, 0.5) is 16.2 Å². The molecule has 3 aromatic rings. The van der Waals surface area contributed by atoms with Gasteiger partial charge in [0.05, 0.1) is 19.3 Å². The summed E-state index contributed by atoms with van der Waals surface area (Å²) in [4.78, 5) is 15.1. The van der Waals surface area contributed by atoms with E-state index in [0.29, 0.717) is 23.0 Å². The molecular formula is C23H26ClN5O2. The standard InChI is InChI=1S/C23H26ClN5O2/c1-16-19(24)10-7-11-20(16)29(23(30)25-17-8-6-9-18(14-17)31-2)15-22-27-26-21-12-4-3-5-13-28(21)22/h6-11,14H,3-5,12-13,15H2,1-2H3,(H,25,30). The molecule has 0 unspecified atom stereocenters. The number of benzene rings is 2. The largest absolute Gasteiger partial charge is 0.497 e. The van der Waals surface area contributed by atoms with Crippen LogP contribution in [0.15, 0.2) is 42.5 Å². The van der Waals surface area contributed by atoms with Gasteiger partial charge in [0, 0.05) is 29.7 Å². The van der Waals surface area contributed by atoms with Crippen molar-refractivity contribution in [3.05, 3.63) is 64.7 Å². The second kappa shape index (κ2) is 9.39. The van der Waals surface area contributed by atoms with Gasteiger partial charge in [0.15, 0.2) is 5.82 Å². The maximum absolute atomic E-state index is 13.4. The van der Waals surface area contributed by atoms with Gasteiger partial charge in [0.1, 0.15) is 11.6 Å². The lowest BCUT2D eigenvalue weighted by atomic mass is 10.2. The average molecular weight is 440 g/mol. The number of urea groups is 1. The molecule has 2 amide bonds. The highest BCUT2D eigenvalue weighted by Crippen LogP contribution is 2.29. The summed E-state index contributed by atoms with van der Waals surface area (Å²) in [6.45, 7) is 3.08. The van der Waals surface area contributed by atoms with Crippen LogP contribution in [0.1, 0.15) is 36.5 Å². The predicted octanol–water partition coefficient (Wildman–Crippen LogP) is 5.21. The van der Waals surface area contributed by atoms with Gasteiger partial charge >= 0.3 is 6.03 Å². The maximum Gasteiger partial charge on any atom is 0.326 e. The van der Waals surface area contributed by atoms with Gasteiger partial charge in [-0.2, -0.15) is 0 Å². The highest BCUT2D eigenvalue weighted by molar-refractivity contribution is 6.31. The summed E-state index contributed by atoms with van der Waals surface area (Å²) in [5, 5.41) is 12.4. The number of methoxy groups -OCH3 is 1. The Kier molecular flexibility index (Phi) is 6.42. The number of nitrogens with zero attached hydrogens (tertiary/aromatic N) is 4. The molecule has 2 aromatic carbocycles. The number of aryl methyl sites for hydroxylation is 1. The molecule has 0 atom stereocenters. The summed E-state index contributed by atoms with van der Waals surface area (Å²) in [6, 6.07) is 12.6. The highest BCUT2D eigenvalue weighted by atomic mass is 35.5. The minimum Gasteiger partial charge on any atom is -0.497 e. The Morgan fingerprint density at radius 3 is 2.87 bits per heavy atom. The molecule has 0 bridgehead atoms. The van der Waals surface area contributed by atoms with Crippen LogP contribution >= 0.6 is 11.6 Å². The number of ether oxygens (including phenoxy) is 1. The van der Waals surface area contributed by atoms with Gasteiger partial charge in [-0.3, -0.25) is 4.90 Å². The van der Waals surface area contributed by atoms with Crippen molar-refractivity contribution < 1.29 is 9.53 Å². The molecule has 1 aromatic heterocycles. The maximum atomic E-state index is 13.4. The second-order valence-electron chi connectivity index (χ2n) is 7.63. The number of carbonyl (C=O) groups is 1. The van der Waals surface area contributed by atoms with E-state index in [1.54, 1.807) is 18.1 Å². The van der Waals surface area contributed by atoms with Crippen molar-refractivity contribution in [2.75, 3.05) is 17.3 Å². The zero-order chi connectivity index (χ0) is 21.8. The zero-order valence-corrected chi connectivity index (χ0v) is 18.5. The Morgan fingerprint density at radius 2 is 2.03 bits per heavy atom. The van der Waals surface area contributed by atoms with E-state index >= 15 is 0 Å². The molecule has 0 fully saturated rings. The fraction of sp³-hybridized carbons (Fsp3) is 0.348. The third-order valence-electron chi connectivity index (χ3n) is 5.58. The first-order valence-corrected chi connectivity index (χ1v) is 10.8. The van der Waals surface area contributed by atoms with Gasteiger partial charge in [-0.1, -0.05) is 30.2 Å². The Labute approximate surface area is 187 Å². The molecule has 2 heterocycles. The van der Waals surface area contributed by atoms with E-state index in [0.717, 1.165) is 48.7 Å². The Morgan fingerprint density at radius 1 is 1.19 bits per heavy atom. The summed E-state index contributed by atoms with van der Waals surface area (Å²) in [5.74, 6) is 2.44. The smallest absolute Gasteiger partial charge is 0.326 e. The third-order valence-corrected chi connectivity index (χ3v) is 5.99. The minimum atomic E-state index is -0.274. The van der Waals surface area contributed by atoms with E-state index in [9.17, 15) is 4.79 Å². The third kappa shape index (κ3) is 4.66. The number of carbonyl (C=O) groups excluding carboxylic acids is 1. The van der Waals surface area contributed by atoms with E-state index in [2.05, 4.69) is 20.1 Å². The van der Waals surface area contributed by atoms with Crippen LogP contribution in [0.2, 0.25) is 5.02 Å². The molecule has 1 N–H and O–H groups in total. The number of fused-ring (bicyclic) bond motifs is 1. The van der Waals surface area contributed by atoms with Crippen LogP contribution in [0.25, 0.3) is 0 Å². The lowest BCUT2D eigenvalue weighted by molar-refractivity contribution is 0.256. The van der Waals surface area contributed by atoms with Gasteiger partial charge in [0.25, 0.3) is 0 Å². The summed E-state index contributed by atoms with van der Waals surface area (Å²) in [6.07, 6.45) is 4.30. The van der Waals surface area contributed by atoms with Gasteiger partial charge in [-0.15, -0.1) is 10.2 Å². The van der Waals surface area contributed by atoms with E-state index in [4.69, 9.17) is 16.3 Å². The number of hydrogen-bond donors (Lipinski definition) is 1. The Bertz CT molecular complexity index is 1080. The Hall–Kier alpha value is -3.06. The fourth-order valence-electron chi connectivity index (χ4n) is 3.85. The fourth-order valence-corrected chi connectivity index (χ4v) is 4.02. The van der Waals surface area contributed by atoms with Crippen molar-refractivity contribution >= 4 is 29.0 Å². The molecule has 7 nitrogen and oxygen atoms in total. The SMILES string of the molecule is COc1cccc(NC(=O)N(Cc2nnc3n2CCCCC3)c2cccc(Cl)c2C)c1. The van der Waals surface area contributed by atoms with Crippen LogP contribution in [0.3, 0.4) is 0 Å². The number of aromatic nitrogens is 3. The normalized spacial score (nSPS) is 13.3. The first kappa shape index (κ1) is 21.2. The average Bonchev–Trinajstić information content (AvgIpc) is 2.99. The topological polar surface area (TPSA) is 72.3 Å².